The maximum absolute atomic E-state index is 11.2. The number of halogens is 4. The van der Waals surface area contributed by atoms with E-state index in [2.05, 4.69) is 40.9 Å². The molecule has 0 saturated heterocycles. The molecule has 0 saturated carbocycles. The first-order chi connectivity index (χ1) is 6.66. The first-order valence-corrected chi connectivity index (χ1v) is 7.91. The van der Waals surface area contributed by atoms with Gasteiger partial charge in [0.05, 0.1) is 18.6 Å². The molecule has 0 spiro atoms. The lowest BCUT2D eigenvalue weighted by Gasteiger charge is -2.18. The maximum atomic E-state index is 11.2. The summed E-state index contributed by atoms with van der Waals surface area (Å²) in [5.41, 5.74) is 0. The summed E-state index contributed by atoms with van der Waals surface area (Å²) < 4.78 is 20.0. The Morgan fingerprint density at radius 1 is 1.53 bits per heavy atom. The van der Waals surface area contributed by atoms with E-state index in [4.69, 9.17) is 23.2 Å². The molecule has 0 rings (SSSR count). The Bertz CT molecular complexity index is 236. The molecule has 9 heteroatoms. The van der Waals surface area contributed by atoms with Crippen LogP contribution in [0.25, 0.3) is 0 Å². The van der Waals surface area contributed by atoms with Gasteiger partial charge in [-0.15, -0.1) is 23.2 Å². The van der Waals surface area contributed by atoms with Gasteiger partial charge < -0.3 is 4.89 Å². The highest BCUT2D eigenvalue weighted by atomic mass is 79.9. The van der Waals surface area contributed by atoms with Crippen LogP contribution in [-0.4, -0.2) is 32.6 Å². The van der Waals surface area contributed by atoms with E-state index in [1.165, 1.54) is 0 Å². The van der Waals surface area contributed by atoms with Gasteiger partial charge in [-0.25, -0.2) is 4.57 Å². The van der Waals surface area contributed by atoms with E-state index in [1.54, 1.807) is 6.92 Å². The Balaban J connectivity index is 3.93. The minimum absolute atomic E-state index is 0.0331. The number of alkyl halides is 4. The van der Waals surface area contributed by atoms with Crippen LogP contribution in [0.5, 0.6) is 0 Å². The molecule has 2 unspecified atom stereocenters. The average Bonchev–Trinajstić information content (AvgIpc) is 2.10. The van der Waals surface area contributed by atoms with E-state index in [9.17, 15) is 9.46 Å². The summed E-state index contributed by atoms with van der Waals surface area (Å²) in [7, 11) is -4.06. The van der Waals surface area contributed by atoms with E-state index in [0.717, 1.165) is 0 Å². The third kappa shape index (κ3) is 10.5. The van der Waals surface area contributed by atoms with Crippen LogP contribution in [0.2, 0.25) is 0 Å². The van der Waals surface area contributed by atoms with Crippen molar-refractivity contribution in [1.29, 1.82) is 0 Å². The van der Waals surface area contributed by atoms with Crippen LogP contribution in [0.3, 0.4) is 0 Å². The van der Waals surface area contributed by atoms with Crippen LogP contribution in [0.15, 0.2) is 0 Å². The van der Waals surface area contributed by atoms with Gasteiger partial charge in [0.15, 0.2) is 0 Å². The average molecular weight is 409 g/mol. The van der Waals surface area contributed by atoms with Gasteiger partial charge in [0.25, 0.3) is 0 Å². The van der Waals surface area contributed by atoms with Gasteiger partial charge in [0.1, 0.15) is 3.23 Å². The van der Waals surface area contributed by atoms with Crippen LogP contribution >= 0.6 is 62.9 Å². The molecule has 0 radical (unpaired) electrons. The molecular weight excluding hydrogens is 398 g/mol. The second-order valence-corrected chi connectivity index (χ2v) is 9.80. The topological polar surface area (TPSA) is 55.8 Å². The zero-order valence-corrected chi connectivity index (χ0v) is 13.4. The molecule has 0 aliphatic heterocycles. The minimum atomic E-state index is -4.06. The summed E-state index contributed by atoms with van der Waals surface area (Å²) in [5.74, 6) is 0.135. The number of hydrogen-bond donors (Lipinski definition) is 1. The fraction of sp³-hybridized carbons (Fsp3) is 1.00. The summed E-state index contributed by atoms with van der Waals surface area (Å²) in [6, 6.07) is 0. The second kappa shape index (κ2) is 7.17. The molecule has 4 nitrogen and oxygen atoms in total. The van der Waals surface area contributed by atoms with Crippen LogP contribution in [0.1, 0.15) is 6.92 Å². The van der Waals surface area contributed by atoms with Crippen molar-refractivity contribution in [2.75, 3.05) is 19.1 Å². The number of hydrogen-bond acceptors (Lipinski definition) is 3. The number of phosphoric ester groups is 1. The molecule has 0 bridgehead atoms. The predicted molar refractivity (Wildman–Crippen MR) is 68.3 cm³/mol. The highest BCUT2D eigenvalue weighted by molar-refractivity contribution is 9.25. The molecule has 0 aromatic carbocycles. The van der Waals surface area contributed by atoms with Crippen LogP contribution in [-0.2, 0) is 13.6 Å². The molecular formula is C6H11Br2Cl2O4P. The van der Waals surface area contributed by atoms with E-state index >= 15 is 0 Å². The molecule has 2 atom stereocenters. The van der Waals surface area contributed by atoms with Crippen LogP contribution in [0.4, 0.5) is 0 Å². The highest BCUT2D eigenvalue weighted by Gasteiger charge is 2.27. The monoisotopic (exact) mass is 406 g/mol. The fourth-order valence-electron chi connectivity index (χ4n) is 0.452. The molecule has 15 heavy (non-hydrogen) atoms. The maximum Gasteiger partial charge on any atom is 0.472 e. The normalized spacial score (nSPS) is 18.5. The molecule has 0 aliphatic carbocycles. The van der Waals surface area contributed by atoms with Gasteiger partial charge in [-0.05, 0) is 6.92 Å². The van der Waals surface area contributed by atoms with Gasteiger partial charge in [-0.1, -0.05) is 31.9 Å². The Hall–Kier alpha value is 1.65. The van der Waals surface area contributed by atoms with Crippen molar-refractivity contribution in [2.45, 2.75) is 15.5 Å². The van der Waals surface area contributed by atoms with Crippen molar-refractivity contribution in [3.05, 3.63) is 0 Å². The summed E-state index contributed by atoms with van der Waals surface area (Å²) >= 11 is 17.4. The lowest BCUT2D eigenvalue weighted by atomic mass is 10.5. The summed E-state index contributed by atoms with van der Waals surface area (Å²) in [6.45, 7) is 1.55. The van der Waals surface area contributed by atoms with Crippen molar-refractivity contribution in [1.82, 2.24) is 0 Å². The number of phosphoric acid groups is 1. The van der Waals surface area contributed by atoms with E-state index in [-0.39, 0.29) is 19.1 Å². The zero-order valence-electron chi connectivity index (χ0n) is 7.83. The Labute approximate surface area is 115 Å². The molecule has 0 fully saturated rings. The number of rotatable bonds is 7. The minimum Gasteiger partial charge on any atom is -0.302 e. The second-order valence-electron chi connectivity index (χ2n) is 2.86. The molecule has 0 aromatic rings. The van der Waals surface area contributed by atoms with Crippen LogP contribution < -0.4 is 0 Å². The summed E-state index contributed by atoms with van der Waals surface area (Å²) in [6.07, 6.45) is 0. The molecule has 0 heterocycles. The van der Waals surface area contributed by atoms with Gasteiger partial charge in [-0.2, -0.15) is 0 Å². The largest absolute Gasteiger partial charge is 0.472 e. The standard InChI is InChI=1S/C6H11Br2Cl2O4P/c1-6(7,8)4-14-15(11,12)13-3-5(10)2-9/h5H,2-4H2,1H3,(H,11,12). The van der Waals surface area contributed by atoms with Gasteiger partial charge in [-0.3, -0.25) is 9.05 Å². The molecule has 1 N–H and O–H groups in total. The Morgan fingerprint density at radius 2 is 2.07 bits per heavy atom. The van der Waals surface area contributed by atoms with Crippen molar-refractivity contribution < 1.29 is 18.5 Å². The fourth-order valence-corrected chi connectivity index (χ4v) is 2.14. The van der Waals surface area contributed by atoms with E-state index < -0.39 is 16.4 Å². The smallest absolute Gasteiger partial charge is 0.302 e. The predicted octanol–water partition coefficient (Wildman–Crippen LogP) is 3.47. The first kappa shape index (κ1) is 16.6. The van der Waals surface area contributed by atoms with Crippen molar-refractivity contribution in [3.63, 3.8) is 0 Å². The molecule has 0 aromatic heterocycles. The van der Waals surface area contributed by atoms with E-state index in [0.29, 0.717) is 0 Å². The SMILES string of the molecule is CC(Br)(Br)COP(=O)(O)OCC(Cl)CCl. The van der Waals surface area contributed by atoms with Gasteiger partial charge in [0, 0.05) is 5.88 Å². The highest BCUT2D eigenvalue weighted by Crippen LogP contribution is 2.45. The lowest BCUT2D eigenvalue weighted by Crippen LogP contribution is -2.16. The third-order valence-electron chi connectivity index (χ3n) is 1.07. The first-order valence-electron chi connectivity index (χ1n) is 3.86. The lowest BCUT2D eigenvalue weighted by molar-refractivity contribution is 0.151. The van der Waals surface area contributed by atoms with Crippen molar-refractivity contribution in [2.24, 2.45) is 0 Å². The molecule has 0 amide bonds. The molecule has 92 valence electrons. The van der Waals surface area contributed by atoms with Gasteiger partial charge >= 0.3 is 7.82 Å². The third-order valence-corrected chi connectivity index (χ3v) is 3.27. The Morgan fingerprint density at radius 3 is 2.47 bits per heavy atom. The molecule has 0 aliphatic rings. The van der Waals surface area contributed by atoms with Crippen molar-refractivity contribution >= 4 is 62.9 Å². The van der Waals surface area contributed by atoms with Crippen molar-refractivity contribution in [3.8, 4) is 0 Å². The van der Waals surface area contributed by atoms with E-state index in [1.807, 2.05) is 0 Å². The summed E-state index contributed by atoms with van der Waals surface area (Å²) in [4.78, 5) is 9.19. The van der Waals surface area contributed by atoms with Crippen LogP contribution in [0, 0.1) is 0 Å². The van der Waals surface area contributed by atoms with Gasteiger partial charge in [0.2, 0.25) is 0 Å². The zero-order chi connectivity index (χ0) is 12.1. The quantitative estimate of drug-likeness (QED) is 0.517. The Kier molecular flexibility index (Phi) is 7.95. The summed E-state index contributed by atoms with van der Waals surface area (Å²) in [5, 5.41) is -0.518.